The molecular weight excluding hydrogens is 270 g/mol. The Hall–Kier alpha value is -2.24. The van der Waals surface area contributed by atoms with E-state index >= 15 is 0 Å². The number of likely N-dealkylation sites (N-methyl/N-ethyl adjacent to an activating group) is 2. The first-order chi connectivity index (χ1) is 9.94. The lowest BCUT2D eigenvalue weighted by molar-refractivity contribution is -0.129. The molecule has 0 aliphatic rings. The van der Waals surface area contributed by atoms with E-state index in [0.717, 1.165) is 0 Å². The van der Waals surface area contributed by atoms with E-state index in [2.05, 4.69) is 0 Å². The summed E-state index contributed by atoms with van der Waals surface area (Å²) in [6.07, 6.45) is 0. The fourth-order valence-corrected chi connectivity index (χ4v) is 2.18. The Morgan fingerprint density at radius 1 is 1.14 bits per heavy atom. The van der Waals surface area contributed by atoms with Crippen molar-refractivity contribution < 1.29 is 14.7 Å². The maximum absolute atomic E-state index is 12.2. The topological polar surface area (TPSA) is 86.9 Å². The van der Waals surface area contributed by atoms with Gasteiger partial charge in [-0.05, 0) is 39.0 Å². The number of aromatic carboxylic acids is 1. The van der Waals surface area contributed by atoms with Crippen LogP contribution in [0.25, 0.3) is 0 Å². The molecular formula is C15H23N3O3. The van der Waals surface area contributed by atoms with Crippen molar-refractivity contribution in [1.29, 1.82) is 0 Å². The van der Waals surface area contributed by atoms with Crippen molar-refractivity contribution >= 4 is 23.3 Å². The summed E-state index contributed by atoms with van der Waals surface area (Å²) in [6.45, 7) is 7.99. The number of carboxylic acids is 1. The zero-order valence-electron chi connectivity index (χ0n) is 12.8. The van der Waals surface area contributed by atoms with Gasteiger partial charge in [0.1, 0.15) is 0 Å². The minimum atomic E-state index is -1.02. The number of nitrogens with two attached hydrogens (primary N) is 1. The summed E-state index contributed by atoms with van der Waals surface area (Å²) in [4.78, 5) is 26.7. The molecule has 0 fully saturated rings. The zero-order chi connectivity index (χ0) is 16.0. The summed E-state index contributed by atoms with van der Waals surface area (Å²) < 4.78 is 0. The van der Waals surface area contributed by atoms with Gasteiger partial charge in [-0.1, -0.05) is 0 Å². The number of carbonyl (C=O) groups is 2. The number of nitrogens with zero attached hydrogens (tertiary/aromatic N) is 2. The molecule has 21 heavy (non-hydrogen) atoms. The second kappa shape index (κ2) is 7.52. The van der Waals surface area contributed by atoms with Crippen LogP contribution in [0, 0.1) is 0 Å². The average Bonchev–Trinajstić information content (AvgIpc) is 2.46. The van der Waals surface area contributed by atoms with Gasteiger partial charge in [0.15, 0.2) is 0 Å². The predicted molar refractivity (Wildman–Crippen MR) is 83.6 cm³/mol. The Morgan fingerprint density at radius 3 is 2.19 bits per heavy atom. The van der Waals surface area contributed by atoms with Crippen molar-refractivity contribution in [2.45, 2.75) is 20.8 Å². The number of carboxylic acid groups (broad SMARTS) is 1. The molecule has 0 aliphatic heterocycles. The smallest absolute Gasteiger partial charge is 0.335 e. The number of benzene rings is 1. The van der Waals surface area contributed by atoms with E-state index < -0.39 is 5.97 Å². The Bertz CT molecular complexity index is 513. The third-order valence-corrected chi connectivity index (χ3v) is 3.44. The highest BCUT2D eigenvalue weighted by Crippen LogP contribution is 2.24. The SMILES string of the molecule is CCN(CC)C(=O)CN(CC)c1ccc(C(=O)O)cc1N. The number of hydrogen-bond donors (Lipinski definition) is 2. The van der Waals surface area contributed by atoms with Gasteiger partial charge in [-0.2, -0.15) is 0 Å². The molecule has 1 aromatic carbocycles. The van der Waals surface area contributed by atoms with Crippen LogP contribution < -0.4 is 10.6 Å². The molecule has 1 aromatic rings. The molecule has 0 aliphatic carbocycles. The molecule has 1 rings (SSSR count). The van der Waals surface area contributed by atoms with Crippen LogP contribution in [0.1, 0.15) is 31.1 Å². The van der Waals surface area contributed by atoms with Gasteiger partial charge in [0.05, 0.1) is 23.5 Å². The summed E-state index contributed by atoms with van der Waals surface area (Å²) in [5.74, 6) is -0.987. The summed E-state index contributed by atoms with van der Waals surface area (Å²) in [7, 11) is 0. The second-order valence-electron chi connectivity index (χ2n) is 4.66. The van der Waals surface area contributed by atoms with Crippen LogP contribution in [0.15, 0.2) is 18.2 Å². The standard InChI is InChI=1S/C15H23N3O3/c1-4-17(5-2)14(19)10-18(6-3)13-8-7-11(15(20)21)9-12(13)16/h7-9H,4-6,10,16H2,1-3H3,(H,20,21). The first-order valence-corrected chi connectivity index (χ1v) is 7.10. The fourth-order valence-electron chi connectivity index (χ4n) is 2.18. The van der Waals surface area contributed by atoms with Crippen LogP contribution in [0.4, 0.5) is 11.4 Å². The molecule has 0 radical (unpaired) electrons. The van der Waals surface area contributed by atoms with E-state index in [0.29, 0.717) is 31.0 Å². The van der Waals surface area contributed by atoms with Crippen LogP contribution in [0.2, 0.25) is 0 Å². The van der Waals surface area contributed by atoms with Crippen molar-refractivity contribution in [3.05, 3.63) is 23.8 Å². The monoisotopic (exact) mass is 293 g/mol. The second-order valence-corrected chi connectivity index (χ2v) is 4.66. The van der Waals surface area contributed by atoms with Crippen LogP contribution in [-0.4, -0.2) is 48.1 Å². The molecule has 0 atom stereocenters. The molecule has 116 valence electrons. The third kappa shape index (κ3) is 4.11. The van der Waals surface area contributed by atoms with Gasteiger partial charge >= 0.3 is 5.97 Å². The summed E-state index contributed by atoms with van der Waals surface area (Å²) >= 11 is 0. The van der Waals surface area contributed by atoms with Gasteiger partial charge in [-0.15, -0.1) is 0 Å². The van der Waals surface area contributed by atoms with Crippen LogP contribution >= 0.6 is 0 Å². The van der Waals surface area contributed by atoms with Crippen molar-refractivity contribution in [2.24, 2.45) is 0 Å². The number of anilines is 2. The molecule has 0 spiro atoms. The molecule has 0 bridgehead atoms. The van der Waals surface area contributed by atoms with Crippen molar-refractivity contribution in [3.63, 3.8) is 0 Å². The predicted octanol–water partition coefficient (Wildman–Crippen LogP) is 1.66. The van der Waals surface area contributed by atoms with Gasteiger partial charge in [-0.25, -0.2) is 4.79 Å². The maximum Gasteiger partial charge on any atom is 0.335 e. The largest absolute Gasteiger partial charge is 0.478 e. The molecule has 3 N–H and O–H groups in total. The molecule has 0 aromatic heterocycles. The molecule has 0 heterocycles. The van der Waals surface area contributed by atoms with Gasteiger partial charge in [0.2, 0.25) is 5.91 Å². The first-order valence-electron chi connectivity index (χ1n) is 7.10. The van der Waals surface area contributed by atoms with Crippen LogP contribution in [0.3, 0.4) is 0 Å². The number of carbonyl (C=O) groups excluding carboxylic acids is 1. The number of hydrogen-bond acceptors (Lipinski definition) is 4. The van der Waals surface area contributed by atoms with Crippen molar-refractivity contribution in [1.82, 2.24) is 4.90 Å². The van der Waals surface area contributed by atoms with E-state index in [1.54, 1.807) is 11.0 Å². The Labute approximate surface area is 125 Å². The highest BCUT2D eigenvalue weighted by molar-refractivity contribution is 5.91. The van der Waals surface area contributed by atoms with Crippen molar-refractivity contribution in [2.75, 3.05) is 36.8 Å². The molecule has 6 heteroatoms. The van der Waals surface area contributed by atoms with E-state index in [1.807, 2.05) is 25.7 Å². The number of amides is 1. The minimum Gasteiger partial charge on any atom is -0.478 e. The summed E-state index contributed by atoms with van der Waals surface area (Å²) in [5, 5.41) is 8.95. The first kappa shape index (κ1) is 16.8. The summed E-state index contributed by atoms with van der Waals surface area (Å²) in [6, 6.07) is 4.57. The molecule has 1 amide bonds. The quantitative estimate of drug-likeness (QED) is 0.747. The number of rotatable bonds is 7. The highest BCUT2D eigenvalue weighted by atomic mass is 16.4. The Kier molecular flexibility index (Phi) is 6.02. The number of nitrogen functional groups attached to an aromatic ring is 1. The van der Waals surface area contributed by atoms with Gasteiger partial charge in [-0.3, -0.25) is 4.79 Å². The Morgan fingerprint density at radius 2 is 1.76 bits per heavy atom. The lowest BCUT2D eigenvalue weighted by Gasteiger charge is -2.27. The zero-order valence-corrected chi connectivity index (χ0v) is 12.8. The van der Waals surface area contributed by atoms with E-state index in [4.69, 9.17) is 10.8 Å². The van der Waals surface area contributed by atoms with Gasteiger partial charge < -0.3 is 20.6 Å². The lowest BCUT2D eigenvalue weighted by Crippen LogP contribution is -2.40. The van der Waals surface area contributed by atoms with E-state index in [1.165, 1.54) is 12.1 Å². The van der Waals surface area contributed by atoms with E-state index in [9.17, 15) is 9.59 Å². The highest BCUT2D eigenvalue weighted by Gasteiger charge is 2.17. The van der Waals surface area contributed by atoms with Gasteiger partial charge in [0.25, 0.3) is 0 Å². The average molecular weight is 293 g/mol. The Balaban J connectivity index is 2.95. The molecule has 0 unspecified atom stereocenters. The van der Waals surface area contributed by atoms with E-state index in [-0.39, 0.29) is 18.0 Å². The fraction of sp³-hybridized carbons (Fsp3) is 0.467. The van der Waals surface area contributed by atoms with Crippen LogP contribution in [0.5, 0.6) is 0 Å². The normalized spacial score (nSPS) is 10.2. The molecule has 0 saturated carbocycles. The third-order valence-electron chi connectivity index (χ3n) is 3.44. The van der Waals surface area contributed by atoms with Gasteiger partial charge in [0, 0.05) is 19.6 Å². The lowest BCUT2D eigenvalue weighted by atomic mass is 10.1. The minimum absolute atomic E-state index is 0.0311. The summed E-state index contributed by atoms with van der Waals surface area (Å²) in [5.41, 5.74) is 7.11. The van der Waals surface area contributed by atoms with Crippen LogP contribution in [-0.2, 0) is 4.79 Å². The molecule has 6 nitrogen and oxygen atoms in total. The maximum atomic E-state index is 12.2. The van der Waals surface area contributed by atoms with Crippen molar-refractivity contribution in [3.8, 4) is 0 Å². The molecule has 0 saturated heterocycles.